The average molecular weight is 538 g/mol. The molecular formula is C27H28BrN3O4. The summed E-state index contributed by atoms with van der Waals surface area (Å²) in [5.41, 5.74) is 8.12. The molecule has 0 spiro atoms. The predicted molar refractivity (Wildman–Crippen MR) is 141 cm³/mol. The van der Waals surface area contributed by atoms with Gasteiger partial charge in [0.05, 0.1) is 17.8 Å². The van der Waals surface area contributed by atoms with Crippen LogP contribution in [-0.4, -0.2) is 25.1 Å². The van der Waals surface area contributed by atoms with Crippen molar-refractivity contribution in [1.29, 1.82) is 0 Å². The van der Waals surface area contributed by atoms with Crippen molar-refractivity contribution in [2.24, 2.45) is 5.10 Å². The molecule has 7 nitrogen and oxygen atoms in total. The van der Waals surface area contributed by atoms with Crippen LogP contribution >= 0.6 is 15.9 Å². The maximum absolute atomic E-state index is 12.1. The first-order valence-corrected chi connectivity index (χ1v) is 11.8. The molecule has 0 aliphatic rings. The first-order valence-electron chi connectivity index (χ1n) is 11.0. The lowest BCUT2D eigenvalue weighted by molar-refractivity contribution is -0.126. The molecule has 0 bridgehead atoms. The Kier molecular flexibility index (Phi) is 9.03. The van der Waals surface area contributed by atoms with Gasteiger partial charge in [-0.25, -0.2) is 5.43 Å². The summed E-state index contributed by atoms with van der Waals surface area (Å²) in [5.74, 6) is 0.149. The summed E-state index contributed by atoms with van der Waals surface area (Å²) in [6.07, 6.45) is 1.12. The van der Waals surface area contributed by atoms with Crippen molar-refractivity contribution in [2.75, 3.05) is 12.4 Å². The molecule has 0 aromatic heterocycles. The van der Waals surface area contributed by atoms with E-state index in [1.54, 1.807) is 25.3 Å². The van der Waals surface area contributed by atoms with Crippen LogP contribution in [0.25, 0.3) is 0 Å². The Morgan fingerprint density at radius 1 is 0.971 bits per heavy atom. The third-order valence-corrected chi connectivity index (χ3v) is 5.86. The summed E-state index contributed by atoms with van der Waals surface area (Å²) < 4.78 is 12.1. The number of carbonyl (C=O) groups is 2. The summed E-state index contributed by atoms with van der Waals surface area (Å²) in [6, 6.07) is 17.2. The molecule has 35 heavy (non-hydrogen) atoms. The van der Waals surface area contributed by atoms with E-state index in [-0.39, 0.29) is 6.42 Å². The second kappa shape index (κ2) is 12.2. The van der Waals surface area contributed by atoms with Gasteiger partial charge in [-0.05, 0) is 83.2 Å². The minimum Gasteiger partial charge on any atom is -0.493 e. The molecule has 3 aromatic carbocycles. The largest absolute Gasteiger partial charge is 0.493 e. The SMILES string of the molecule is COc1cc(C=NNC(=O)CC(=O)Nc2ccc(C)c(C)c2)cc(Br)c1OCc1ccc(C)cc1. The summed E-state index contributed by atoms with van der Waals surface area (Å²) >= 11 is 3.51. The molecule has 0 atom stereocenters. The number of hydrogen-bond donors (Lipinski definition) is 2. The van der Waals surface area contributed by atoms with Crippen molar-refractivity contribution in [3.8, 4) is 11.5 Å². The van der Waals surface area contributed by atoms with Crippen molar-refractivity contribution in [3.63, 3.8) is 0 Å². The number of hydrogen-bond acceptors (Lipinski definition) is 5. The van der Waals surface area contributed by atoms with Gasteiger partial charge in [0, 0.05) is 5.69 Å². The molecule has 0 unspecified atom stereocenters. The van der Waals surface area contributed by atoms with Crippen molar-refractivity contribution >= 4 is 39.6 Å². The Labute approximate surface area is 213 Å². The van der Waals surface area contributed by atoms with Gasteiger partial charge in [-0.15, -0.1) is 0 Å². The number of aryl methyl sites for hydroxylation is 3. The van der Waals surface area contributed by atoms with Crippen molar-refractivity contribution in [3.05, 3.63) is 86.9 Å². The number of nitrogens with one attached hydrogen (secondary N) is 2. The standard InChI is InChI=1S/C27H28BrN3O4/c1-17-5-8-20(9-6-17)16-35-27-23(28)12-21(13-24(27)34-4)15-29-31-26(33)14-25(32)30-22-10-7-18(2)19(3)11-22/h5-13,15H,14,16H2,1-4H3,(H,30,32)(H,31,33). The van der Waals surface area contributed by atoms with Gasteiger partial charge in [-0.3, -0.25) is 9.59 Å². The van der Waals surface area contributed by atoms with Gasteiger partial charge in [0.2, 0.25) is 11.8 Å². The van der Waals surface area contributed by atoms with Crippen LogP contribution in [0.1, 0.15) is 34.2 Å². The zero-order valence-corrected chi connectivity index (χ0v) is 21.7. The number of anilines is 1. The first-order chi connectivity index (χ1) is 16.7. The Morgan fingerprint density at radius 2 is 1.71 bits per heavy atom. The second-order valence-corrected chi connectivity index (χ2v) is 8.98. The van der Waals surface area contributed by atoms with E-state index in [4.69, 9.17) is 9.47 Å². The number of carbonyl (C=O) groups excluding carboxylic acids is 2. The van der Waals surface area contributed by atoms with Gasteiger partial charge in [-0.2, -0.15) is 5.10 Å². The van der Waals surface area contributed by atoms with Gasteiger partial charge in [0.15, 0.2) is 11.5 Å². The molecule has 3 rings (SSSR count). The van der Waals surface area contributed by atoms with E-state index in [1.165, 1.54) is 11.8 Å². The Bertz CT molecular complexity index is 1240. The van der Waals surface area contributed by atoms with Gasteiger partial charge in [0.25, 0.3) is 0 Å². The second-order valence-electron chi connectivity index (χ2n) is 8.13. The van der Waals surface area contributed by atoms with Crippen LogP contribution in [0.4, 0.5) is 5.69 Å². The Morgan fingerprint density at radius 3 is 2.40 bits per heavy atom. The first kappa shape index (κ1) is 26.0. The molecule has 0 aliphatic carbocycles. The number of methoxy groups -OCH3 is 1. The lowest BCUT2D eigenvalue weighted by Crippen LogP contribution is -2.24. The van der Waals surface area contributed by atoms with Crippen LogP contribution in [0, 0.1) is 20.8 Å². The van der Waals surface area contributed by atoms with Gasteiger partial charge in [-0.1, -0.05) is 35.9 Å². The van der Waals surface area contributed by atoms with Crippen LogP contribution in [0.5, 0.6) is 11.5 Å². The maximum atomic E-state index is 12.1. The van der Waals surface area contributed by atoms with Crippen LogP contribution < -0.4 is 20.2 Å². The molecule has 0 radical (unpaired) electrons. The van der Waals surface area contributed by atoms with Crippen molar-refractivity contribution in [1.82, 2.24) is 5.43 Å². The zero-order chi connectivity index (χ0) is 25.4. The molecule has 182 valence electrons. The topological polar surface area (TPSA) is 89.0 Å². The van der Waals surface area contributed by atoms with Crippen LogP contribution in [-0.2, 0) is 16.2 Å². The van der Waals surface area contributed by atoms with E-state index in [9.17, 15) is 9.59 Å². The number of halogens is 1. The number of benzene rings is 3. The summed E-state index contributed by atoms with van der Waals surface area (Å²) in [4.78, 5) is 24.2. The number of amides is 2. The highest BCUT2D eigenvalue weighted by Crippen LogP contribution is 2.36. The normalized spacial score (nSPS) is 10.8. The van der Waals surface area contributed by atoms with Crippen LogP contribution in [0.15, 0.2) is 64.2 Å². The van der Waals surface area contributed by atoms with E-state index >= 15 is 0 Å². The summed E-state index contributed by atoms with van der Waals surface area (Å²) in [5, 5.41) is 6.67. The smallest absolute Gasteiger partial charge is 0.249 e. The van der Waals surface area contributed by atoms with Crippen LogP contribution in [0.3, 0.4) is 0 Å². The monoisotopic (exact) mass is 537 g/mol. The number of ether oxygens (including phenoxy) is 2. The molecule has 0 fully saturated rings. The third kappa shape index (κ3) is 7.68. The van der Waals surface area contributed by atoms with E-state index in [0.29, 0.717) is 33.8 Å². The molecule has 0 aliphatic heterocycles. The fourth-order valence-electron chi connectivity index (χ4n) is 3.18. The maximum Gasteiger partial charge on any atom is 0.249 e. The van der Waals surface area contributed by atoms with Gasteiger partial charge < -0.3 is 14.8 Å². The average Bonchev–Trinajstić information content (AvgIpc) is 2.81. The molecule has 0 heterocycles. The molecule has 2 N–H and O–H groups in total. The van der Waals surface area contributed by atoms with Crippen molar-refractivity contribution < 1.29 is 19.1 Å². The third-order valence-electron chi connectivity index (χ3n) is 5.27. The Balaban J connectivity index is 1.56. The van der Waals surface area contributed by atoms with Crippen molar-refractivity contribution in [2.45, 2.75) is 33.8 Å². The lowest BCUT2D eigenvalue weighted by atomic mass is 10.1. The number of rotatable bonds is 9. The minimum atomic E-state index is -0.522. The Hall–Kier alpha value is -3.65. The molecule has 3 aromatic rings. The quantitative estimate of drug-likeness (QED) is 0.216. The highest BCUT2D eigenvalue weighted by atomic mass is 79.9. The van der Waals surface area contributed by atoms with E-state index < -0.39 is 11.8 Å². The fourth-order valence-corrected chi connectivity index (χ4v) is 3.76. The van der Waals surface area contributed by atoms with Crippen LogP contribution in [0.2, 0.25) is 0 Å². The molecular weight excluding hydrogens is 510 g/mol. The summed E-state index contributed by atoms with van der Waals surface area (Å²) in [7, 11) is 1.55. The highest BCUT2D eigenvalue weighted by molar-refractivity contribution is 9.10. The summed E-state index contributed by atoms with van der Waals surface area (Å²) in [6.45, 7) is 6.38. The van der Waals surface area contributed by atoms with E-state index in [2.05, 4.69) is 31.8 Å². The molecule has 2 amide bonds. The number of nitrogens with zero attached hydrogens (tertiary/aromatic N) is 1. The van der Waals surface area contributed by atoms with Gasteiger partial charge in [0.1, 0.15) is 13.0 Å². The lowest BCUT2D eigenvalue weighted by Gasteiger charge is -2.13. The molecule has 0 saturated carbocycles. The number of hydrazone groups is 1. The fraction of sp³-hybridized carbons (Fsp3) is 0.222. The van der Waals surface area contributed by atoms with Gasteiger partial charge >= 0.3 is 0 Å². The molecule has 0 saturated heterocycles. The highest BCUT2D eigenvalue weighted by Gasteiger charge is 2.12. The minimum absolute atomic E-state index is 0.344. The van der Waals surface area contributed by atoms with E-state index in [0.717, 1.165) is 16.7 Å². The van der Waals surface area contributed by atoms with E-state index in [1.807, 2.05) is 57.2 Å². The predicted octanol–water partition coefficient (Wildman–Crippen LogP) is 5.44. The molecule has 8 heteroatoms. The zero-order valence-electron chi connectivity index (χ0n) is 20.1.